The van der Waals surface area contributed by atoms with E-state index in [4.69, 9.17) is 32.7 Å². The van der Waals surface area contributed by atoms with Crippen LogP contribution in [0.4, 0.5) is 14.0 Å². The van der Waals surface area contributed by atoms with Crippen molar-refractivity contribution in [3.8, 4) is 0 Å². The number of alkyl carbamates (subject to hydrolysis) is 1. The first-order valence-corrected chi connectivity index (χ1v) is 21.9. The summed E-state index contributed by atoms with van der Waals surface area (Å²) in [5.74, 6) is -7.34. The maximum absolute atomic E-state index is 14.7. The summed E-state index contributed by atoms with van der Waals surface area (Å²) in [6, 6.07) is 1.44. The van der Waals surface area contributed by atoms with Crippen LogP contribution in [-0.4, -0.2) is 135 Å². The van der Waals surface area contributed by atoms with Gasteiger partial charge in [0.2, 0.25) is 27.7 Å². The van der Waals surface area contributed by atoms with Gasteiger partial charge in [-0.2, -0.15) is 4.31 Å². The van der Waals surface area contributed by atoms with Gasteiger partial charge in [0.25, 0.3) is 11.8 Å². The van der Waals surface area contributed by atoms with Crippen molar-refractivity contribution in [1.29, 1.82) is 0 Å². The maximum atomic E-state index is 14.7. The van der Waals surface area contributed by atoms with Gasteiger partial charge >= 0.3 is 12.2 Å². The van der Waals surface area contributed by atoms with E-state index in [2.05, 4.69) is 10.6 Å². The second-order valence-corrected chi connectivity index (χ2v) is 18.9. The van der Waals surface area contributed by atoms with Crippen LogP contribution in [0.2, 0.25) is 0 Å². The van der Waals surface area contributed by atoms with Crippen molar-refractivity contribution in [3.63, 3.8) is 0 Å². The van der Waals surface area contributed by atoms with Gasteiger partial charge in [0, 0.05) is 31.0 Å². The van der Waals surface area contributed by atoms with Gasteiger partial charge in [-0.1, -0.05) is 24.3 Å². The molecule has 59 heavy (non-hydrogen) atoms. The minimum atomic E-state index is -4.49. The highest BCUT2D eigenvalue weighted by Crippen LogP contribution is 2.48. The summed E-state index contributed by atoms with van der Waals surface area (Å²) in [7, 11) is -4.49. The smallest absolute Gasteiger partial charge is 0.410 e. The van der Waals surface area contributed by atoms with Crippen LogP contribution < -0.4 is 10.6 Å². The van der Waals surface area contributed by atoms with Crippen LogP contribution in [-0.2, 0) is 56.6 Å². The van der Waals surface area contributed by atoms with E-state index in [1.165, 1.54) is 21.9 Å². The third-order valence-corrected chi connectivity index (χ3v) is 13.4. The van der Waals surface area contributed by atoms with E-state index >= 15 is 0 Å². The molecular weight excluding hydrogens is 838 g/mol. The number of sulfonamides is 1. The van der Waals surface area contributed by atoms with Crippen molar-refractivity contribution in [1.82, 2.24) is 29.6 Å². The number of halogens is 3. The minimum Gasteiger partial charge on any atom is -0.444 e. The number of amides is 7. The number of imide groups is 1. The van der Waals surface area contributed by atoms with Gasteiger partial charge in [-0.15, -0.1) is 23.2 Å². The van der Waals surface area contributed by atoms with E-state index < -0.39 is 116 Å². The minimum absolute atomic E-state index is 0.0400. The topological polar surface area (TPSA) is 209 Å². The normalized spacial score (nSPS) is 26.0. The molecule has 5 atom stereocenters. The average molecular weight is 886 g/mol. The highest BCUT2D eigenvalue weighted by Gasteiger charge is 2.65. The number of fused-ring (bicyclic) bond motifs is 3. The number of nitrogens with one attached hydrogen (secondary N) is 2. The van der Waals surface area contributed by atoms with Crippen LogP contribution >= 0.6 is 23.2 Å². The van der Waals surface area contributed by atoms with E-state index in [0.717, 1.165) is 4.90 Å². The second-order valence-electron chi connectivity index (χ2n) is 16.3. The number of carbonyl (C=O) groups is 7. The summed E-state index contributed by atoms with van der Waals surface area (Å²) in [6.07, 6.45) is 0.978. The first-order chi connectivity index (χ1) is 27.8. The molecule has 6 rings (SSSR count). The third kappa shape index (κ3) is 9.62. The summed E-state index contributed by atoms with van der Waals surface area (Å²) in [5.41, 5.74) is -2.04. The molecule has 5 aliphatic rings. The maximum Gasteiger partial charge on any atom is 0.410 e. The predicted octanol–water partition coefficient (Wildman–Crippen LogP) is 2.52. The fourth-order valence-corrected chi connectivity index (χ4v) is 9.74. The number of alkyl halides is 2. The SMILES string of the molecule is CC(C)(C)OC(=O)N[C@H]1CN(C(=O)CCl)CCCC=C[C@@H]2C[C@@]2(C(=O)N(C(=O)CCl)S(=O)(=O)C2CC2)NC(=O)[C@@H]2C[C@@H](OC(=O)N3Cc4cccc(F)c4C3)CN2C1=O. The summed E-state index contributed by atoms with van der Waals surface area (Å²) in [5, 5.41) is 4.20. The molecule has 0 radical (unpaired) electrons. The van der Waals surface area contributed by atoms with Gasteiger partial charge < -0.3 is 29.9 Å². The van der Waals surface area contributed by atoms with Gasteiger partial charge in [0.1, 0.15) is 46.9 Å². The van der Waals surface area contributed by atoms with E-state index in [0.29, 0.717) is 24.0 Å². The standard InChI is InChI=1S/C38H47Cl2FN6O11S/c1-37(2,3)58-35(53)42-28-21-44(30(48)16-39)13-6-4-5-9-23-15-38(23,34(52)47(31(49)17-40)59(55,56)25-11-12-25)43-32(50)29-14-24(19-46(29)33(28)51)57-36(54)45-18-22-8-7-10-27(41)26(22)20-45/h5,7-10,23-25,28-29H,4,6,11-21H2,1-3H3,(H,42,53)(H,43,50)/t23-,24-,28+,29+,38-/m1/s1. The lowest BCUT2D eigenvalue weighted by atomic mass is 10.1. The highest BCUT2D eigenvalue weighted by molar-refractivity contribution is 7.91. The Bertz CT molecular complexity index is 2050. The Balaban J connectivity index is 1.35. The van der Waals surface area contributed by atoms with Crippen molar-refractivity contribution in [2.75, 3.05) is 31.4 Å². The Morgan fingerprint density at radius 2 is 1.78 bits per heavy atom. The molecule has 1 saturated heterocycles. The Kier molecular flexibility index (Phi) is 12.9. The zero-order chi connectivity index (χ0) is 43.0. The molecule has 17 nitrogen and oxygen atoms in total. The quantitative estimate of drug-likeness (QED) is 0.300. The molecule has 1 aromatic rings. The number of allylic oxidation sites excluding steroid dienone is 1. The fourth-order valence-electron chi connectivity index (χ4n) is 7.61. The Morgan fingerprint density at radius 1 is 1.05 bits per heavy atom. The molecule has 0 aromatic heterocycles. The number of hydrogen-bond donors (Lipinski definition) is 2. The van der Waals surface area contributed by atoms with Gasteiger partial charge in [0.15, 0.2) is 0 Å². The van der Waals surface area contributed by atoms with Crippen molar-refractivity contribution in [2.45, 2.75) is 107 Å². The summed E-state index contributed by atoms with van der Waals surface area (Å²) in [6.45, 7) is 4.05. The largest absolute Gasteiger partial charge is 0.444 e. The molecule has 0 bridgehead atoms. The lowest BCUT2D eigenvalue weighted by Gasteiger charge is -2.33. The van der Waals surface area contributed by atoms with Crippen molar-refractivity contribution < 1.29 is 55.8 Å². The van der Waals surface area contributed by atoms with Gasteiger partial charge in [-0.25, -0.2) is 22.4 Å². The molecule has 322 valence electrons. The zero-order valence-corrected chi connectivity index (χ0v) is 35.1. The van der Waals surface area contributed by atoms with Gasteiger partial charge in [-0.3, -0.25) is 28.9 Å². The molecule has 3 fully saturated rings. The summed E-state index contributed by atoms with van der Waals surface area (Å²) >= 11 is 11.8. The lowest BCUT2D eigenvalue weighted by molar-refractivity contribution is -0.144. The van der Waals surface area contributed by atoms with Gasteiger partial charge in [0.05, 0.1) is 24.9 Å². The number of benzene rings is 1. The first-order valence-electron chi connectivity index (χ1n) is 19.3. The molecule has 3 aliphatic heterocycles. The van der Waals surface area contributed by atoms with E-state index in [1.807, 2.05) is 0 Å². The lowest BCUT2D eigenvalue weighted by Crippen LogP contribution is -2.61. The van der Waals surface area contributed by atoms with Crippen LogP contribution in [0.3, 0.4) is 0 Å². The Labute approximate surface area is 350 Å². The van der Waals surface area contributed by atoms with Crippen molar-refractivity contribution in [2.24, 2.45) is 5.92 Å². The number of rotatable bonds is 7. The summed E-state index contributed by atoms with van der Waals surface area (Å²) < 4.78 is 52.9. The number of ether oxygens (including phenoxy) is 2. The molecule has 2 N–H and O–H groups in total. The highest BCUT2D eigenvalue weighted by atomic mass is 35.5. The van der Waals surface area contributed by atoms with Crippen LogP contribution in [0.25, 0.3) is 0 Å². The predicted molar refractivity (Wildman–Crippen MR) is 208 cm³/mol. The number of hydrogen-bond acceptors (Lipinski definition) is 11. The van der Waals surface area contributed by atoms with Gasteiger partial charge in [-0.05, 0) is 64.5 Å². The van der Waals surface area contributed by atoms with Crippen LogP contribution in [0, 0.1) is 11.7 Å². The average Bonchev–Trinajstić information content (AvgIpc) is 4.05. The molecule has 3 heterocycles. The number of nitrogens with zero attached hydrogens (tertiary/aromatic N) is 4. The van der Waals surface area contributed by atoms with Crippen molar-refractivity contribution in [3.05, 3.63) is 47.3 Å². The molecule has 0 unspecified atom stereocenters. The van der Waals surface area contributed by atoms with Crippen molar-refractivity contribution >= 4 is 74.9 Å². The van der Waals surface area contributed by atoms with E-state index in [9.17, 15) is 46.4 Å². The van der Waals surface area contributed by atoms with Crippen LogP contribution in [0.15, 0.2) is 30.4 Å². The fraction of sp³-hybridized carbons (Fsp3) is 0.605. The summed E-state index contributed by atoms with van der Waals surface area (Å²) in [4.78, 5) is 100. The zero-order valence-electron chi connectivity index (χ0n) is 32.8. The van der Waals surface area contributed by atoms with E-state index in [1.54, 1.807) is 39.0 Å². The second kappa shape index (κ2) is 17.2. The monoisotopic (exact) mass is 884 g/mol. The molecule has 0 spiro atoms. The first kappa shape index (κ1) is 44.1. The molecular formula is C38H47Cl2FN6O11S. The molecule has 2 saturated carbocycles. The molecule has 21 heteroatoms. The Morgan fingerprint density at radius 3 is 2.42 bits per heavy atom. The molecule has 1 aromatic carbocycles. The third-order valence-electron chi connectivity index (χ3n) is 10.8. The molecule has 2 aliphatic carbocycles. The molecule has 7 amide bonds. The Hall–Kier alpha value is -4.49. The number of carbonyl (C=O) groups excluding carboxylic acids is 7. The van der Waals surface area contributed by atoms with Crippen LogP contribution in [0.1, 0.15) is 70.4 Å². The van der Waals surface area contributed by atoms with Crippen LogP contribution in [0.5, 0.6) is 0 Å². The van der Waals surface area contributed by atoms with E-state index in [-0.39, 0.29) is 56.2 Å².